The topological polar surface area (TPSA) is 97.9 Å². The van der Waals surface area contributed by atoms with Gasteiger partial charge in [0.2, 0.25) is 0 Å². The first-order chi connectivity index (χ1) is 16.5. The molecule has 3 aromatic rings. The van der Waals surface area contributed by atoms with E-state index >= 15 is 0 Å². The largest absolute Gasteiger partial charge is 0.497 e. The third kappa shape index (κ3) is 3.49. The third-order valence-corrected chi connectivity index (χ3v) is 7.00. The van der Waals surface area contributed by atoms with E-state index in [9.17, 15) is 14.7 Å². The Balaban J connectivity index is 1.58. The van der Waals surface area contributed by atoms with Crippen LogP contribution in [0.3, 0.4) is 0 Å². The summed E-state index contributed by atoms with van der Waals surface area (Å²) in [4.78, 5) is 33.2. The summed E-state index contributed by atoms with van der Waals surface area (Å²) in [6, 6.07) is 14.4. The average molecular weight is 463 g/mol. The van der Waals surface area contributed by atoms with Crippen LogP contribution >= 0.6 is 0 Å². The van der Waals surface area contributed by atoms with Gasteiger partial charge in [0.05, 0.1) is 25.2 Å². The molecule has 5 rings (SSSR count). The van der Waals surface area contributed by atoms with Gasteiger partial charge in [0.1, 0.15) is 5.75 Å². The van der Waals surface area contributed by atoms with Gasteiger partial charge >= 0.3 is 6.03 Å². The summed E-state index contributed by atoms with van der Waals surface area (Å²) in [7, 11) is 1.63. The van der Waals surface area contributed by atoms with Crippen LogP contribution in [0.5, 0.6) is 5.75 Å². The molecule has 1 aromatic heterocycles. The molecule has 2 aromatic carbocycles. The molecular weight excluding hydrogens is 432 g/mol. The van der Waals surface area contributed by atoms with Gasteiger partial charge in [-0.3, -0.25) is 4.79 Å². The standard InChI is InChI=1S/C26H30N4O4/c1-3-11-27-25(33)29-14-26(15-29)16-30(24(32)17-7-5-4-6-8-17)21(13-31)23-22(26)19-10-9-18(34-2)12-20(19)28-23/h4-10,12,21,28,31H,3,11,13-16H2,1-2H3,(H,27,33)/t21-/m0/s1. The van der Waals surface area contributed by atoms with Crippen molar-refractivity contribution in [2.75, 3.05) is 39.9 Å². The first kappa shape index (κ1) is 22.3. The number of fused-ring (bicyclic) bond motifs is 4. The molecule has 2 aliphatic rings. The number of aliphatic hydroxyl groups excluding tert-OH is 1. The molecule has 0 bridgehead atoms. The van der Waals surface area contributed by atoms with Gasteiger partial charge in [-0.1, -0.05) is 25.1 Å². The van der Waals surface area contributed by atoms with Crippen molar-refractivity contribution in [1.29, 1.82) is 0 Å². The van der Waals surface area contributed by atoms with Gasteiger partial charge < -0.3 is 29.9 Å². The Labute approximate surface area is 198 Å². The number of urea groups is 1. The van der Waals surface area contributed by atoms with E-state index in [0.717, 1.165) is 34.3 Å². The van der Waals surface area contributed by atoms with E-state index in [1.165, 1.54) is 0 Å². The Bertz CT molecular complexity index is 1220. The molecule has 1 saturated heterocycles. The van der Waals surface area contributed by atoms with Crippen molar-refractivity contribution in [3.05, 3.63) is 65.4 Å². The Morgan fingerprint density at radius 1 is 1.18 bits per heavy atom. The number of amides is 3. The van der Waals surface area contributed by atoms with E-state index in [0.29, 0.717) is 31.7 Å². The first-order valence-electron chi connectivity index (χ1n) is 11.7. The number of rotatable bonds is 5. The zero-order valence-corrected chi connectivity index (χ0v) is 19.5. The molecule has 3 amide bonds. The highest BCUT2D eigenvalue weighted by atomic mass is 16.5. The van der Waals surface area contributed by atoms with Crippen molar-refractivity contribution in [2.24, 2.45) is 0 Å². The van der Waals surface area contributed by atoms with Crippen LogP contribution in [0.4, 0.5) is 4.79 Å². The van der Waals surface area contributed by atoms with Crippen LogP contribution < -0.4 is 10.1 Å². The van der Waals surface area contributed by atoms with Gasteiger partial charge in [-0.15, -0.1) is 0 Å². The van der Waals surface area contributed by atoms with Gasteiger partial charge in [-0.05, 0) is 36.2 Å². The maximum Gasteiger partial charge on any atom is 0.317 e. The number of aromatic amines is 1. The maximum atomic E-state index is 13.6. The minimum Gasteiger partial charge on any atom is -0.497 e. The van der Waals surface area contributed by atoms with Crippen molar-refractivity contribution >= 4 is 22.8 Å². The normalized spacial score (nSPS) is 18.5. The number of aromatic nitrogens is 1. The van der Waals surface area contributed by atoms with Crippen LogP contribution in [-0.4, -0.2) is 71.7 Å². The van der Waals surface area contributed by atoms with Crippen LogP contribution in [0.25, 0.3) is 10.9 Å². The molecule has 8 nitrogen and oxygen atoms in total. The molecule has 3 N–H and O–H groups in total. The molecule has 0 aliphatic carbocycles. The highest BCUT2D eigenvalue weighted by Crippen LogP contribution is 2.48. The Morgan fingerprint density at radius 3 is 2.62 bits per heavy atom. The highest BCUT2D eigenvalue weighted by Gasteiger charge is 2.55. The smallest absolute Gasteiger partial charge is 0.317 e. The molecule has 8 heteroatoms. The number of likely N-dealkylation sites (tertiary alicyclic amines) is 1. The Morgan fingerprint density at radius 2 is 1.94 bits per heavy atom. The molecule has 1 atom stereocenters. The number of hydrogen-bond donors (Lipinski definition) is 3. The second-order valence-electron chi connectivity index (χ2n) is 9.19. The van der Waals surface area contributed by atoms with E-state index in [2.05, 4.69) is 10.3 Å². The number of ether oxygens (including phenoxy) is 1. The predicted molar refractivity (Wildman–Crippen MR) is 129 cm³/mol. The van der Waals surface area contributed by atoms with E-state index in [1.54, 1.807) is 29.0 Å². The number of benzene rings is 2. The zero-order valence-electron chi connectivity index (χ0n) is 19.5. The number of nitrogens with one attached hydrogen (secondary N) is 2. The molecule has 1 spiro atoms. The number of carbonyl (C=O) groups excluding carboxylic acids is 2. The van der Waals surface area contributed by atoms with Crippen LogP contribution in [0.2, 0.25) is 0 Å². The van der Waals surface area contributed by atoms with Crippen molar-refractivity contribution < 1.29 is 19.4 Å². The van der Waals surface area contributed by atoms with Gasteiger partial charge in [-0.2, -0.15) is 0 Å². The summed E-state index contributed by atoms with van der Waals surface area (Å²) in [6.45, 7) is 3.89. The molecule has 0 unspecified atom stereocenters. The number of carbonyl (C=O) groups is 2. The molecule has 3 heterocycles. The van der Waals surface area contributed by atoms with Crippen LogP contribution in [0.1, 0.15) is 41.0 Å². The van der Waals surface area contributed by atoms with E-state index < -0.39 is 11.5 Å². The molecular formula is C26H30N4O4. The quantitative estimate of drug-likeness (QED) is 0.543. The molecule has 178 valence electrons. The Hall–Kier alpha value is -3.52. The summed E-state index contributed by atoms with van der Waals surface area (Å²) in [6.07, 6.45) is 0.872. The minimum atomic E-state index is -0.505. The predicted octanol–water partition coefficient (Wildman–Crippen LogP) is 3.04. The van der Waals surface area contributed by atoms with E-state index in [4.69, 9.17) is 4.74 Å². The lowest BCUT2D eigenvalue weighted by atomic mass is 9.68. The van der Waals surface area contributed by atoms with Crippen LogP contribution in [0, 0.1) is 0 Å². The third-order valence-electron chi connectivity index (χ3n) is 7.00. The molecule has 0 saturated carbocycles. The highest BCUT2D eigenvalue weighted by molar-refractivity contribution is 5.96. The summed E-state index contributed by atoms with van der Waals surface area (Å²) < 4.78 is 5.41. The molecule has 34 heavy (non-hydrogen) atoms. The summed E-state index contributed by atoms with van der Waals surface area (Å²) in [5.74, 6) is 0.599. The van der Waals surface area contributed by atoms with Gasteiger partial charge in [0.25, 0.3) is 5.91 Å². The second kappa shape index (κ2) is 8.68. The number of hydrogen-bond acceptors (Lipinski definition) is 4. The van der Waals surface area contributed by atoms with Crippen molar-refractivity contribution in [1.82, 2.24) is 20.1 Å². The van der Waals surface area contributed by atoms with Crippen molar-refractivity contribution in [2.45, 2.75) is 24.8 Å². The fourth-order valence-electron chi connectivity index (χ4n) is 5.40. The lowest BCUT2D eigenvalue weighted by Gasteiger charge is -2.55. The van der Waals surface area contributed by atoms with Crippen molar-refractivity contribution in [3.8, 4) is 5.75 Å². The molecule has 2 aliphatic heterocycles. The fourth-order valence-corrected chi connectivity index (χ4v) is 5.40. The monoisotopic (exact) mass is 462 g/mol. The molecule has 0 radical (unpaired) electrons. The van der Waals surface area contributed by atoms with Gasteiger partial charge in [0.15, 0.2) is 0 Å². The summed E-state index contributed by atoms with van der Waals surface area (Å²) >= 11 is 0. The SMILES string of the molecule is CCCNC(=O)N1CC2(C1)CN(C(=O)c1ccccc1)[C@@H](CO)c1[nH]c3cc(OC)ccc3c12. The number of methoxy groups -OCH3 is 1. The number of nitrogens with zero attached hydrogens (tertiary/aromatic N) is 2. The molecule has 1 fully saturated rings. The van der Waals surface area contributed by atoms with E-state index in [-0.39, 0.29) is 18.5 Å². The lowest BCUT2D eigenvalue weighted by Crippen LogP contribution is -2.69. The van der Waals surface area contributed by atoms with E-state index in [1.807, 2.05) is 43.3 Å². The van der Waals surface area contributed by atoms with Gasteiger partial charge in [0, 0.05) is 54.4 Å². The first-order valence-corrected chi connectivity index (χ1v) is 11.7. The fraction of sp³-hybridized carbons (Fsp3) is 0.385. The second-order valence-corrected chi connectivity index (χ2v) is 9.19. The zero-order chi connectivity index (χ0) is 23.9. The minimum absolute atomic E-state index is 0.0826. The Kier molecular flexibility index (Phi) is 5.69. The maximum absolute atomic E-state index is 13.6. The summed E-state index contributed by atoms with van der Waals surface area (Å²) in [5.41, 5.74) is 2.97. The summed E-state index contributed by atoms with van der Waals surface area (Å²) in [5, 5.41) is 14.4. The number of H-pyrrole nitrogens is 1. The van der Waals surface area contributed by atoms with Gasteiger partial charge in [-0.25, -0.2) is 4.79 Å². The average Bonchev–Trinajstić information content (AvgIpc) is 3.24. The van der Waals surface area contributed by atoms with Crippen LogP contribution in [0.15, 0.2) is 48.5 Å². The number of aliphatic hydroxyl groups is 1. The lowest BCUT2D eigenvalue weighted by molar-refractivity contribution is 0.0140. The van der Waals surface area contributed by atoms with Crippen LogP contribution in [-0.2, 0) is 5.41 Å². The van der Waals surface area contributed by atoms with Crippen molar-refractivity contribution in [3.63, 3.8) is 0 Å².